The van der Waals surface area contributed by atoms with Gasteiger partial charge in [0.1, 0.15) is 5.75 Å². The molecule has 2 rings (SSSR count). The second-order valence-corrected chi connectivity index (χ2v) is 4.86. The second-order valence-electron chi connectivity index (χ2n) is 3.28. The van der Waals surface area contributed by atoms with Crippen LogP contribution >= 0.6 is 35.8 Å². The van der Waals surface area contributed by atoms with E-state index in [4.69, 9.17) is 17.3 Å². The van der Waals surface area contributed by atoms with Crippen molar-refractivity contribution in [1.29, 1.82) is 0 Å². The summed E-state index contributed by atoms with van der Waals surface area (Å²) in [6, 6.07) is 12.7. The fourth-order valence-electron chi connectivity index (χ4n) is 1.23. The van der Waals surface area contributed by atoms with Crippen LogP contribution in [0.4, 0.5) is 5.69 Å². The molecule has 0 fully saturated rings. The maximum absolute atomic E-state index is 9.29. The van der Waals surface area contributed by atoms with Gasteiger partial charge in [0, 0.05) is 14.8 Å². The molecule has 0 saturated carbocycles. The number of nitrogens with two attached hydrogens (primary N) is 1. The summed E-state index contributed by atoms with van der Waals surface area (Å²) in [7, 11) is 0. The molecule has 90 valence electrons. The highest BCUT2D eigenvalue weighted by atomic mass is 35.5. The first kappa shape index (κ1) is 14.0. The molecule has 0 saturated heterocycles. The van der Waals surface area contributed by atoms with Crippen LogP contribution < -0.4 is 5.73 Å². The molecule has 0 aromatic heterocycles. The molecule has 0 bridgehead atoms. The minimum absolute atomic E-state index is 0. The molecule has 0 atom stereocenters. The Labute approximate surface area is 115 Å². The number of phenols is 1. The molecule has 0 heterocycles. The molecule has 0 radical (unpaired) electrons. The summed E-state index contributed by atoms with van der Waals surface area (Å²) in [5.74, 6) is 0.112. The van der Waals surface area contributed by atoms with Crippen molar-refractivity contribution in [1.82, 2.24) is 0 Å². The van der Waals surface area contributed by atoms with Gasteiger partial charge in [-0.05, 0) is 42.5 Å². The van der Waals surface area contributed by atoms with Crippen molar-refractivity contribution in [2.24, 2.45) is 0 Å². The van der Waals surface area contributed by atoms with Crippen molar-refractivity contribution in [2.75, 3.05) is 5.73 Å². The lowest BCUT2D eigenvalue weighted by atomic mass is 10.3. The van der Waals surface area contributed by atoms with Crippen LogP contribution in [-0.2, 0) is 0 Å². The lowest BCUT2D eigenvalue weighted by Crippen LogP contribution is -1.85. The van der Waals surface area contributed by atoms with Crippen molar-refractivity contribution in [3.63, 3.8) is 0 Å². The van der Waals surface area contributed by atoms with E-state index in [-0.39, 0.29) is 18.2 Å². The van der Waals surface area contributed by atoms with E-state index in [0.29, 0.717) is 5.69 Å². The van der Waals surface area contributed by atoms with E-state index < -0.39 is 0 Å². The van der Waals surface area contributed by atoms with Gasteiger partial charge in [-0.3, -0.25) is 0 Å². The van der Waals surface area contributed by atoms with Crippen LogP contribution in [0.25, 0.3) is 0 Å². The van der Waals surface area contributed by atoms with Crippen LogP contribution in [0.15, 0.2) is 52.3 Å². The van der Waals surface area contributed by atoms with E-state index in [9.17, 15) is 5.11 Å². The predicted octanol–water partition coefficient (Wildman–Crippen LogP) is 4.20. The van der Waals surface area contributed by atoms with Crippen molar-refractivity contribution < 1.29 is 5.11 Å². The van der Waals surface area contributed by atoms with Gasteiger partial charge in [0.15, 0.2) is 0 Å². The van der Waals surface area contributed by atoms with E-state index in [1.54, 1.807) is 23.9 Å². The first-order valence-corrected chi connectivity index (χ1v) is 5.86. The normalized spacial score (nSPS) is 9.71. The predicted molar refractivity (Wildman–Crippen MR) is 75.3 cm³/mol. The molecule has 2 aromatic carbocycles. The molecule has 5 heteroatoms. The van der Waals surface area contributed by atoms with Gasteiger partial charge in [-0.2, -0.15) is 0 Å². The van der Waals surface area contributed by atoms with Crippen molar-refractivity contribution in [2.45, 2.75) is 9.79 Å². The highest BCUT2D eigenvalue weighted by Gasteiger charge is 2.01. The van der Waals surface area contributed by atoms with Crippen molar-refractivity contribution >= 4 is 41.5 Å². The Kier molecular flexibility index (Phi) is 5.00. The third-order valence-electron chi connectivity index (χ3n) is 2.05. The zero-order valence-electron chi connectivity index (χ0n) is 8.76. The standard InChI is InChI=1S/C12H10ClNOS.ClH/c13-8-1-3-9(4-2-8)16-10-5-6-12(15)11(14)7-10;/h1-7,15H,14H2;1H. The molecule has 3 N–H and O–H groups in total. The Morgan fingerprint density at radius 3 is 2.18 bits per heavy atom. The summed E-state index contributed by atoms with van der Waals surface area (Å²) in [6.45, 7) is 0. The first-order valence-electron chi connectivity index (χ1n) is 4.67. The minimum atomic E-state index is 0. The molecule has 0 spiro atoms. The fraction of sp³-hybridized carbons (Fsp3) is 0. The third-order valence-corrected chi connectivity index (χ3v) is 3.30. The van der Waals surface area contributed by atoms with Gasteiger partial charge in [-0.1, -0.05) is 23.4 Å². The molecule has 17 heavy (non-hydrogen) atoms. The van der Waals surface area contributed by atoms with E-state index in [2.05, 4.69) is 0 Å². The van der Waals surface area contributed by atoms with Gasteiger partial charge in [-0.15, -0.1) is 12.4 Å². The average molecular weight is 288 g/mol. The van der Waals surface area contributed by atoms with Gasteiger partial charge in [0.05, 0.1) is 5.69 Å². The van der Waals surface area contributed by atoms with Gasteiger partial charge >= 0.3 is 0 Å². The van der Waals surface area contributed by atoms with Crippen LogP contribution in [0.5, 0.6) is 5.75 Å². The Bertz CT molecular complexity index is 502. The van der Waals surface area contributed by atoms with Crippen molar-refractivity contribution in [3.05, 3.63) is 47.5 Å². The summed E-state index contributed by atoms with van der Waals surface area (Å²) < 4.78 is 0. The zero-order chi connectivity index (χ0) is 11.5. The molecule has 2 nitrogen and oxygen atoms in total. The Morgan fingerprint density at radius 1 is 1.00 bits per heavy atom. The number of anilines is 1. The topological polar surface area (TPSA) is 46.2 Å². The Balaban J connectivity index is 0.00000144. The molecule has 0 aliphatic rings. The molecule has 0 aliphatic carbocycles. The number of nitrogen functional groups attached to an aromatic ring is 1. The SMILES string of the molecule is Cl.Nc1cc(Sc2ccc(Cl)cc2)ccc1O. The molecule has 0 unspecified atom stereocenters. The monoisotopic (exact) mass is 287 g/mol. The van der Waals surface area contributed by atoms with Crippen LogP contribution in [0.1, 0.15) is 0 Å². The molecule has 0 amide bonds. The smallest absolute Gasteiger partial charge is 0.138 e. The van der Waals surface area contributed by atoms with Crippen LogP contribution in [-0.4, -0.2) is 5.11 Å². The zero-order valence-corrected chi connectivity index (χ0v) is 11.1. The van der Waals surface area contributed by atoms with E-state index in [1.165, 1.54) is 0 Å². The lowest BCUT2D eigenvalue weighted by Gasteiger charge is -2.04. The van der Waals surface area contributed by atoms with Crippen molar-refractivity contribution in [3.8, 4) is 5.75 Å². The summed E-state index contributed by atoms with van der Waals surface area (Å²) in [4.78, 5) is 2.06. The summed E-state index contributed by atoms with van der Waals surface area (Å²) in [5, 5.41) is 10.0. The number of hydrogen-bond acceptors (Lipinski definition) is 3. The Morgan fingerprint density at radius 2 is 1.59 bits per heavy atom. The number of rotatable bonds is 2. The van der Waals surface area contributed by atoms with Gasteiger partial charge in [0.2, 0.25) is 0 Å². The lowest BCUT2D eigenvalue weighted by molar-refractivity contribution is 0.477. The molecule has 0 aliphatic heterocycles. The van der Waals surface area contributed by atoms with E-state index in [0.717, 1.165) is 14.8 Å². The maximum atomic E-state index is 9.29. The molecular weight excluding hydrogens is 277 g/mol. The van der Waals surface area contributed by atoms with Gasteiger partial charge in [-0.25, -0.2) is 0 Å². The number of hydrogen-bond donors (Lipinski definition) is 2. The largest absolute Gasteiger partial charge is 0.506 e. The highest BCUT2D eigenvalue weighted by molar-refractivity contribution is 7.99. The average Bonchev–Trinajstić information content (AvgIpc) is 2.27. The number of phenolic OH excluding ortho intramolecular Hbond substituents is 1. The van der Waals surface area contributed by atoms with Crippen LogP contribution in [0.3, 0.4) is 0 Å². The molecule has 2 aromatic rings. The fourth-order valence-corrected chi connectivity index (χ4v) is 2.23. The quantitative estimate of drug-likeness (QED) is 0.643. The van der Waals surface area contributed by atoms with Crippen LogP contribution in [0, 0.1) is 0 Å². The number of halogens is 2. The van der Waals surface area contributed by atoms with E-state index >= 15 is 0 Å². The first-order chi connectivity index (χ1) is 7.65. The summed E-state index contributed by atoms with van der Waals surface area (Å²) in [6.07, 6.45) is 0. The van der Waals surface area contributed by atoms with E-state index in [1.807, 2.05) is 30.3 Å². The number of benzene rings is 2. The summed E-state index contributed by atoms with van der Waals surface area (Å²) >= 11 is 7.37. The number of aromatic hydroxyl groups is 1. The highest BCUT2D eigenvalue weighted by Crippen LogP contribution is 2.32. The maximum Gasteiger partial charge on any atom is 0.138 e. The molecular formula is C12H11Cl2NOS. The Hall–Kier alpha value is -1.03. The summed E-state index contributed by atoms with van der Waals surface area (Å²) in [5.41, 5.74) is 6.00. The van der Waals surface area contributed by atoms with Gasteiger partial charge < -0.3 is 10.8 Å². The second kappa shape index (κ2) is 6.05. The third kappa shape index (κ3) is 3.73. The van der Waals surface area contributed by atoms with Crippen LogP contribution in [0.2, 0.25) is 5.02 Å². The van der Waals surface area contributed by atoms with Gasteiger partial charge in [0.25, 0.3) is 0 Å². The minimum Gasteiger partial charge on any atom is -0.506 e.